The van der Waals surface area contributed by atoms with Gasteiger partial charge in [-0.25, -0.2) is 0 Å². The molecule has 0 unspecified atom stereocenters. The Morgan fingerprint density at radius 1 is 0.377 bits per heavy atom. The molecule has 0 amide bonds. The molecule has 2 heteroatoms. The van der Waals surface area contributed by atoms with E-state index in [1.54, 1.807) is 0 Å². The van der Waals surface area contributed by atoms with Gasteiger partial charge < -0.3 is 9.47 Å². The van der Waals surface area contributed by atoms with Crippen LogP contribution >= 0.6 is 0 Å². The zero-order valence-electron chi connectivity index (χ0n) is 29.1. The van der Waals surface area contributed by atoms with Crippen LogP contribution in [-0.4, -0.2) is 4.57 Å². The molecule has 1 heterocycles. The van der Waals surface area contributed by atoms with Gasteiger partial charge in [-0.3, -0.25) is 0 Å². The molecule has 0 saturated carbocycles. The summed E-state index contributed by atoms with van der Waals surface area (Å²) in [4.78, 5) is 2.48. The summed E-state index contributed by atoms with van der Waals surface area (Å²) in [6.45, 7) is 0. The SMILES string of the molecule is c1ccc(-c2c3ccccc3c(N(c3ccccc3)c3ccc4c(c3)Cc3cc(-n5c6ccccc6c6ccccc65)ccc3-4)c3ccccc23)cc1. The molecule has 248 valence electrons. The highest BCUT2D eigenvalue weighted by Gasteiger charge is 2.25. The number of rotatable bonds is 5. The molecule has 2 nitrogen and oxygen atoms in total. The molecule has 11 rings (SSSR count). The summed E-state index contributed by atoms with van der Waals surface area (Å²) in [5.41, 5.74) is 15.1. The van der Waals surface area contributed by atoms with E-state index >= 15 is 0 Å². The van der Waals surface area contributed by atoms with Gasteiger partial charge in [0.05, 0.1) is 16.7 Å². The number of hydrogen-bond acceptors (Lipinski definition) is 1. The van der Waals surface area contributed by atoms with Gasteiger partial charge in [-0.1, -0.05) is 146 Å². The van der Waals surface area contributed by atoms with E-state index in [1.165, 1.54) is 88.1 Å². The van der Waals surface area contributed by atoms with Gasteiger partial charge >= 0.3 is 0 Å². The van der Waals surface area contributed by atoms with E-state index < -0.39 is 0 Å². The lowest BCUT2D eigenvalue weighted by Crippen LogP contribution is -2.12. The van der Waals surface area contributed by atoms with Gasteiger partial charge in [0.2, 0.25) is 0 Å². The van der Waals surface area contributed by atoms with Crippen molar-refractivity contribution in [1.82, 2.24) is 4.57 Å². The average molecular weight is 675 g/mol. The molecule has 0 saturated heterocycles. The molecule has 0 aliphatic heterocycles. The second-order valence-electron chi connectivity index (χ2n) is 14.1. The van der Waals surface area contributed by atoms with Gasteiger partial charge in [0, 0.05) is 38.6 Å². The van der Waals surface area contributed by atoms with Crippen molar-refractivity contribution in [3.05, 3.63) is 205 Å². The molecule has 53 heavy (non-hydrogen) atoms. The van der Waals surface area contributed by atoms with Crippen LogP contribution in [-0.2, 0) is 6.42 Å². The van der Waals surface area contributed by atoms with Crippen LogP contribution in [0.4, 0.5) is 17.1 Å². The molecule has 0 spiro atoms. The predicted molar refractivity (Wildman–Crippen MR) is 224 cm³/mol. The number of hydrogen-bond donors (Lipinski definition) is 0. The Hall–Kier alpha value is -6.90. The molecular formula is C51H34N2. The van der Waals surface area contributed by atoms with Crippen molar-refractivity contribution in [2.24, 2.45) is 0 Å². The number of fused-ring (bicyclic) bond motifs is 8. The summed E-state index contributed by atoms with van der Waals surface area (Å²) in [7, 11) is 0. The minimum absolute atomic E-state index is 0.889. The van der Waals surface area contributed by atoms with Gasteiger partial charge in [-0.05, 0) is 99.1 Å². The molecule has 10 aromatic rings. The van der Waals surface area contributed by atoms with E-state index in [2.05, 4.69) is 204 Å². The van der Waals surface area contributed by atoms with E-state index in [1.807, 2.05) is 0 Å². The van der Waals surface area contributed by atoms with E-state index in [-0.39, 0.29) is 0 Å². The summed E-state index contributed by atoms with van der Waals surface area (Å²) < 4.78 is 2.42. The highest BCUT2D eigenvalue weighted by Crippen LogP contribution is 2.49. The fourth-order valence-electron chi connectivity index (χ4n) is 8.91. The molecule has 0 N–H and O–H groups in total. The minimum Gasteiger partial charge on any atom is -0.309 e. The minimum atomic E-state index is 0.889. The van der Waals surface area contributed by atoms with E-state index in [0.717, 1.165) is 17.8 Å². The molecule has 0 bridgehead atoms. The molecule has 9 aromatic carbocycles. The van der Waals surface area contributed by atoms with Gasteiger partial charge in [-0.15, -0.1) is 0 Å². The second-order valence-corrected chi connectivity index (χ2v) is 14.1. The lowest BCUT2D eigenvalue weighted by atomic mass is 9.90. The Labute approximate surface area is 308 Å². The van der Waals surface area contributed by atoms with Crippen LogP contribution in [0.15, 0.2) is 194 Å². The van der Waals surface area contributed by atoms with Crippen molar-refractivity contribution in [2.75, 3.05) is 4.90 Å². The first-order valence-corrected chi connectivity index (χ1v) is 18.4. The molecule has 1 aromatic heterocycles. The third-order valence-corrected chi connectivity index (χ3v) is 11.1. The smallest absolute Gasteiger partial charge is 0.0618 e. The van der Waals surface area contributed by atoms with Crippen molar-refractivity contribution in [2.45, 2.75) is 6.42 Å². The monoisotopic (exact) mass is 674 g/mol. The van der Waals surface area contributed by atoms with Crippen molar-refractivity contribution in [3.63, 3.8) is 0 Å². The van der Waals surface area contributed by atoms with Crippen LogP contribution in [0.1, 0.15) is 11.1 Å². The van der Waals surface area contributed by atoms with Crippen LogP contribution in [0, 0.1) is 0 Å². The predicted octanol–water partition coefficient (Wildman–Crippen LogP) is 13.8. The van der Waals surface area contributed by atoms with Crippen LogP contribution in [0.5, 0.6) is 0 Å². The number of aromatic nitrogens is 1. The maximum Gasteiger partial charge on any atom is 0.0618 e. The standard InChI is InChI=1S/C51H34N2/c1-3-15-34(16-4-1)50-44-21-7-9-23-46(44)51(47-24-10-8-22-45(47)50)52(37-17-5-2-6-18-37)38-27-29-40-35(32-38)31-36-33-39(28-30-41(36)40)53-48-25-13-11-19-42(48)43-20-12-14-26-49(43)53/h1-30,32-33H,31H2. The molecular weight excluding hydrogens is 641 g/mol. The summed E-state index contributed by atoms with van der Waals surface area (Å²) in [6, 6.07) is 71.1. The largest absolute Gasteiger partial charge is 0.309 e. The number of para-hydroxylation sites is 3. The fourth-order valence-corrected chi connectivity index (χ4v) is 8.91. The summed E-state index contributed by atoms with van der Waals surface area (Å²) >= 11 is 0. The third-order valence-electron chi connectivity index (χ3n) is 11.1. The van der Waals surface area contributed by atoms with Crippen LogP contribution in [0.3, 0.4) is 0 Å². The second kappa shape index (κ2) is 11.8. The zero-order valence-corrected chi connectivity index (χ0v) is 29.1. The Morgan fingerprint density at radius 2 is 0.868 bits per heavy atom. The number of anilines is 3. The van der Waals surface area contributed by atoms with Gasteiger partial charge in [0.1, 0.15) is 0 Å². The highest BCUT2D eigenvalue weighted by atomic mass is 15.1. The Balaban J connectivity index is 1.08. The number of benzene rings is 9. The lowest BCUT2D eigenvalue weighted by Gasteiger charge is -2.30. The van der Waals surface area contributed by atoms with E-state index in [0.29, 0.717) is 0 Å². The van der Waals surface area contributed by atoms with Gasteiger partial charge in [0.15, 0.2) is 0 Å². The zero-order chi connectivity index (χ0) is 34.9. The van der Waals surface area contributed by atoms with Crippen LogP contribution < -0.4 is 4.90 Å². The van der Waals surface area contributed by atoms with E-state index in [9.17, 15) is 0 Å². The topological polar surface area (TPSA) is 8.17 Å². The van der Waals surface area contributed by atoms with Crippen LogP contribution in [0.2, 0.25) is 0 Å². The van der Waals surface area contributed by atoms with E-state index in [4.69, 9.17) is 0 Å². The van der Waals surface area contributed by atoms with Crippen molar-refractivity contribution in [3.8, 4) is 27.9 Å². The first kappa shape index (κ1) is 29.8. The molecule has 1 aliphatic rings. The fraction of sp³-hybridized carbons (Fsp3) is 0.0196. The maximum absolute atomic E-state index is 2.48. The molecule has 0 radical (unpaired) electrons. The summed E-state index contributed by atoms with van der Waals surface area (Å²) in [5, 5.41) is 7.53. The highest BCUT2D eigenvalue weighted by molar-refractivity contribution is 6.22. The normalized spacial score (nSPS) is 12.1. The molecule has 0 fully saturated rings. The van der Waals surface area contributed by atoms with Crippen molar-refractivity contribution >= 4 is 60.4 Å². The Kier molecular flexibility index (Phi) is 6.65. The van der Waals surface area contributed by atoms with Crippen LogP contribution in [0.25, 0.3) is 71.3 Å². The Bertz CT molecular complexity index is 2920. The number of nitrogens with zero attached hydrogens (tertiary/aromatic N) is 2. The lowest BCUT2D eigenvalue weighted by molar-refractivity contribution is 1.16. The Morgan fingerprint density at radius 3 is 1.49 bits per heavy atom. The average Bonchev–Trinajstić information content (AvgIpc) is 3.76. The summed E-state index contributed by atoms with van der Waals surface area (Å²) in [6.07, 6.45) is 0.889. The quantitative estimate of drug-likeness (QED) is 0.165. The third kappa shape index (κ3) is 4.59. The first-order valence-electron chi connectivity index (χ1n) is 18.4. The summed E-state index contributed by atoms with van der Waals surface area (Å²) in [5.74, 6) is 0. The van der Waals surface area contributed by atoms with Crippen molar-refractivity contribution < 1.29 is 0 Å². The van der Waals surface area contributed by atoms with Gasteiger partial charge in [-0.2, -0.15) is 0 Å². The first-order chi connectivity index (χ1) is 26.3. The molecule has 1 aliphatic carbocycles. The maximum atomic E-state index is 2.48. The van der Waals surface area contributed by atoms with Gasteiger partial charge in [0.25, 0.3) is 0 Å². The molecule has 0 atom stereocenters. The van der Waals surface area contributed by atoms with Crippen molar-refractivity contribution in [1.29, 1.82) is 0 Å².